The molecule has 0 aliphatic rings. The van der Waals surface area contributed by atoms with Gasteiger partial charge in [-0.25, -0.2) is 4.63 Å². The van der Waals surface area contributed by atoms with Gasteiger partial charge in [0.2, 0.25) is 11.6 Å². The van der Waals surface area contributed by atoms with Gasteiger partial charge in [0.25, 0.3) is 5.91 Å². The van der Waals surface area contributed by atoms with Gasteiger partial charge in [0, 0.05) is 10.6 Å². The van der Waals surface area contributed by atoms with Gasteiger partial charge in [-0.2, -0.15) is 4.68 Å². The number of hydrogen-bond acceptors (Lipinski definition) is 10. The quantitative estimate of drug-likeness (QED) is 0.225. The molecule has 0 aliphatic carbocycles. The minimum absolute atomic E-state index is 0.0206. The molecule has 0 atom stereocenters. The summed E-state index contributed by atoms with van der Waals surface area (Å²) in [6.07, 6.45) is 0. The van der Waals surface area contributed by atoms with Crippen LogP contribution in [0.1, 0.15) is 27.3 Å². The summed E-state index contributed by atoms with van der Waals surface area (Å²) in [4.78, 5) is 13.9. The molecule has 0 saturated carbocycles. The molecule has 12 heteroatoms. The molecular weight excluding hydrogens is 444 g/mol. The van der Waals surface area contributed by atoms with E-state index in [4.69, 9.17) is 5.73 Å². The summed E-state index contributed by atoms with van der Waals surface area (Å²) in [6, 6.07) is 14.4. The Balaban J connectivity index is 1.54. The minimum atomic E-state index is -0.532. The smallest absolute Gasteiger partial charge is 0.292 e. The molecule has 2 aromatic carbocycles. The monoisotopic (exact) mass is 464 g/mol. The van der Waals surface area contributed by atoms with E-state index in [0.29, 0.717) is 22.7 Å². The molecule has 0 saturated heterocycles. The lowest BCUT2D eigenvalue weighted by molar-refractivity contribution is 0.0936. The Kier molecular flexibility index (Phi) is 6.26. The van der Waals surface area contributed by atoms with Crippen LogP contribution in [-0.2, 0) is 5.75 Å². The highest BCUT2D eigenvalue weighted by Crippen LogP contribution is 2.26. The molecular formula is C21H20N8O3S. The number of rotatable bonds is 8. The Morgan fingerprint density at radius 2 is 1.88 bits per heavy atom. The summed E-state index contributed by atoms with van der Waals surface area (Å²) >= 11 is 1.50. The Morgan fingerprint density at radius 3 is 2.55 bits per heavy atom. The fraction of sp³-hybridized carbons (Fsp3) is 0.0952. The number of carbonyl (C=O) groups is 1. The molecule has 168 valence electrons. The molecule has 0 unspecified atom stereocenters. The number of thioether (sulfide) groups is 1. The number of phenolic OH excluding ortho intramolecular Hbond substituents is 1. The third-order valence-corrected chi connectivity index (χ3v) is 5.64. The van der Waals surface area contributed by atoms with Crippen LogP contribution in [0.5, 0.6) is 5.75 Å². The van der Waals surface area contributed by atoms with Crippen LogP contribution >= 0.6 is 11.8 Å². The topological polar surface area (TPSA) is 157 Å². The van der Waals surface area contributed by atoms with Crippen LogP contribution in [0.3, 0.4) is 0 Å². The van der Waals surface area contributed by atoms with Gasteiger partial charge in [-0.15, -0.1) is 16.9 Å². The van der Waals surface area contributed by atoms with E-state index >= 15 is 0 Å². The highest BCUT2D eigenvalue weighted by Gasteiger charge is 2.24. The standard InChI is InChI=1S/C21H20N8O3S/c1-12-3-9-16(10-4-12)33-11-17-18(24-28-29(17)20-19(22)26-32-27-20)21(31)25-23-13(2)14-5-7-15(30)8-6-14/h3-10,23,30H,2,11H2,1H3,(H2,22,26)(H,25,31). The molecule has 2 heterocycles. The Labute approximate surface area is 192 Å². The second-order valence-corrected chi connectivity index (χ2v) is 8.02. The van der Waals surface area contributed by atoms with Gasteiger partial charge in [0.05, 0.1) is 11.4 Å². The molecule has 0 aliphatic heterocycles. The van der Waals surface area contributed by atoms with E-state index < -0.39 is 5.91 Å². The van der Waals surface area contributed by atoms with Gasteiger partial charge >= 0.3 is 0 Å². The Morgan fingerprint density at radius 1 is 1.15 bits per heavy atom. The van der Waals surface area contributed by atoms with Gasteiger partial charge in [-0.3, -0.25) is 15.6 Å². The van der Waals surface area contributed by atoms with Crippen molar-refractivity contribution in [1.82, 2.24) is 36.2 Å². The van der Waals surface area contributed by atoms with E-state index in [2.05, 4.69) is 42.7 Å². The number of benzene rings is 2. The number of hydrogen-bond donors (Lipinski definition) is 4. The third kappa shape index (κ3) is 4.96. The van der Waals surface area contributed by atoms with Crippen LogP contribution in [-0.4, -0.2) is 36.3 Å². The summed E-state index contributed by atoms with van der Waals surface area (Å²) in [5.74, 6) is 0.111. The van der Waals surface area contributed by atoms with E-state index in [0.717, 1.165) is 10.5 Å². The molecule has 4 aromatic rings. The summed E-state index contributed by atoms with van der Waals surface area (Å²) in [5.41, 5.74) is 13.9. The van der Waals surface area contributed by atoms with Crippen LogP contribution in [0.25, 0.3) is 11.5 Å². The van der Waals surface area contributed by atoms with Gasteiger partial charge in [-0.05, 0) is 59.2 Å². The normalized spacial score (nSPS) is 10.7. The van der Waals surface area contributed by atoms with Crippen molar-refractivity contribution in [1.29, 1.82) is 0 Å². The zero-order valence-corrected chi connectivity index (χ0v) is 18.3. The number of nitrogens with two attached hydrogens (primary N) is 1. The van der Waals surface area contributed by atoms with Crippen molar-refractivity contribution in [3.05, 3.63) is 77.6 Å². The van der Waals surface area contributed by atoms with Crippen LogP contribution in [0.4, 0.5) is 5.82 Å². The largest absolute Gasteiger partial charge is 0.508 e. The predicted molar refractivity (Wildman–Crippen MR) is 122 cm³/mol. The van der Waals surface area contributed by atoms with Crippen LogP contribution < -0.4 is 16.6 Å². The first kappa shape index (κ1) is 21.9. The van der Waals surface area contributed by atoms with E-state index in [-0.39, 0.29) is 23.1 Å². The molecule has 5 N–H and O–H groups in total. The fourth-order valence-corrected chi connectivity index (χ4v) is 3.72. The molecule has 4 rings (SSSR count). The average Bonchev–Trinajstić information content (AvgIpc) is 3.43. The van der Waals surface area contributed by atoms with E-state index in [1.165, 1.54) is 28.6 Å². The van der Waals surface area contributed by atoms with Crippen LogP contribution in [0, 0.1) is 6.92 Å². The molecule has 2 aromatic heterocycles. The number of carbonyl (C=O) groups excluding carboxylic acids is 1. The number of anilines is 1. The predicted octanol–water partition coefficient (Wildman–Crippen LogP) is 2.44. The number of amides is 1. The zero-order valence-electron chi connectivity index (χ0n) is 17.5. The third-order valence-electron chi connectivity index (χ3n) is 4.61. The van der Waals surface area contributed by atoms with Gasteiger partial charge in [-0.1, -0.05) is 29.5 Å². The fourth-order valence-electron chi connectivity index (χ4n) is 2.83. The molecule has 1 amide bonds. The number of hydrazine groups is 1. The Bertz CT molecular complexity index is 1280. The molecule has 0 radical (unpaired) electrons. The second-order valence-electron chi connectivity index (χ2n) is 6.98. The van der Waals surface area contributed by atoms with Crippen LogP contribution in [0.15, 0.2) is 64.6 Å². The maximum absolute atomic E-state index is 12.9. The first-order valence-electron chi connectivity index (χ1n) is 9.69. The van der Waals surface area contributed by atoms with Crippen LogP contribution in [0.2, 0.25) is 0 Å². The second kappa shape index (κ2) is 9.44. The first-order chi connectivity index (χ1) is 15.9. The first-order valence-corrected chi connectivity index (χ1v) is 10.7. The number of phenols is 1. The number of nitrogens with one attached hydrogen (secondary N) is 2. The van der Waals surface area contributed by atoms with Crippen molar-refractivity contribution in [3.63, 3.8) is 0 Å². The lowest BCUT2D eigenvalue weighted by Crippen LogP contribution is -2.36. The van der Waals surface area contributed by atoms with Gasteiger partial charge in [0.1, 0.15) is 5.75 Å². The molecule has 11 nitrogen and oxygen atoms in total. The number of nitrogens with zero attached hydrogens (tertiary/aromatic N) is 5. The summed E-state index contributed by atoms with van der Waals surface area (Å²) in [5, 5.41) is 24.8. The molecule has 0 fully saturated rings. The minimum Gasteiger partial charge on any atom is -0.508 e. The van der Waals surface area contributed by atoms with Crippen molar-refractivity contribution >= 4 is 29.2 Å². The summed E-state index contributed by atoms with van der Waals surface area (Å²) in [6.45, 7) is 5.89. The maximum atomic E-state index is 12.9. The number of aromatic hydroxyl groups is 1. The van der Waals surface area contributed by atoms with Crippen molar-refractivity contribution in [2.24, 2.45) is 0 Å². The van der Waals surface area contributed by atoms with Crippen molar-refractivity contribution < 1.29 is 14.5 Å². The van der Waals surface area contributed by atoms with E-state index in [1.807, 2.05) is 31.2 Å². The zero-order chi connectivity index (χ0) is 23.4. The summed E-state index contributed by atoms with van der Waals surface area (Å²) in [7, 11) is 0. The highest BCUT2D eigenvalue weighted by molar-refractivity contribution is 7.98. The van der Waals surface area contributed by atoms with E-state index in [1.54, 1.807) is 12.1 Å². The lowest BCUT2D eigenvalue weighted by Gasteiger charge is -2.11. The van der Waals surface area contributed by atoms with Crippen molar-refractivity contribution in [2.45, 2.75) is 17.6 Å². The number of aryl methyl sites for hydroxylation is 1. The maximum Gasteiger partial charge on any atom is 0.292 e. The molecule has 0 spiro atoms. The van der Waals surface area contributed by atoms with Crippen molar-refractivity contribution in [3.8, 4) is 11.6 Å². The SMILES string of the molecule is C=C(NNC(=O)c1nnn(-c2nonc2N)c1CSc1ccc(C)cc1)c1ccc(O)cc1. The Hall–Kier alpha value is -4.32. The van der Waals surface area contributed by atoms with Crippen molar-refractivity contribution in [2.75, 3.05) is 5.73 Å². The molecule has 33 heavy (non-hydrogen) atoms. The number of aromatic nitrogens is 5. The van der Waals surface area contributed by atoms with E-state index in [9.17, 15) is 9.90 Å². The lowest BCUT2D eigenvalue weighted by atomic mass is 10.2. The average molecular weight is 465 g/mol. The summed E-state index contributed by atoms with van der Waals surface area (Å²) < 4.78 is 6.00. The highest BCUT2D eigenvalue weighted by atomic mass is 32.2. The van der Waals surface area contributed by atoms with Gasteiger partial charge < -0.3 is 10.8 Å². The molecule has 0 bridgehead atoms. The number of nitrogen functional groups attached to an aromatic ring is 1. The van der Waals surface area contributed by atoms with Gasteiger partial charge in [0.15, 0.2) is 5.69 Å².